The fraction of sp³-hybridized carbons (Fsp3) is 0.625. The van der Waals surface area contributed by atoms with Crippen molar-refractivity contribution in [1.82, 2.24) is 9.80 Å². The summed E-state index contributed by atoms with van der Waals surface area (Å²) in [5, 5.41) is 34.1. The summed E-state index contributed by atoms with van der Waals surface area (Å²) in [6.07, 6.45) is -45.5. The molecule has 4 rings (SSSR count). The molecule has 2 fully saturated rings. The summed E-state index contributed by atoms with van der Waals surface area (Å²) in [5.41, 5.74) is -14.3. The van der Waals surface area contributed by atoms with E-state index in [-0.39, 0.29) is 0 Å². The second-order valence-electron chi connectivity index (χ2n) is 6.54. The fourth-order valence-electron chi connectivity index (χ4n) is 2.53. The van der Waals surface area contributed by atoms with Gasteiger partial charge in [0.25, 0.3) is 0 Å². The summed E-state index contributed by atoms with van der Waals surface area (Å²) in [7, 11) is 0. The number of phenolic OH excluding ortho intramolecular Hbond substituents is 1. The molecule has 0 saturated heterocycles. The van der Waals surface area contributed by atoms with Gasteiger partial charge in [0.05, 0.1) is 23.5 Å². The lowest BCUT2D eigenvalue weighted by molar-refractivity contribution is -0.0280. The number of aromatic hydroxyl groups is 1. The number of benzene rings is 2. The molecule has 5 nitrogen and oxygen atoms in total. The average molecular weight is 558 g/mol. The molecule has 2 atom stereocenters. The Bertz CT molecular complexity index is 2570. The minimum absolute atomic E-state index is 1.14. The molecule has 2 aromatic rings. The van der Waals surface area contributed by atoms with Gasteiger partial charge in [0.15, 0.2) is 0 Å². The monoisotopic (exact) mass is 558 g/mol. The van der Waals surface area contributed by atoms with E-state index in [1.54, 1.807) is 0 Å². The van der Waals surface area contributed by atoms with Crippen LogP contribution in [0.5, 0.6) is 5.75 Å². The van der Waals surface area contributed by atoms with Crippen LogP contribution in [0.25, 0.3) is 0 Å². The van der Waals surface area contributed by atoms with Crippen molar-refractivity contribution < 1.29 is 79.7 Å². The first-order valence-corrected chi connectivity index (χ1v) is 9.51. The number of likely N-dealkylation sites (N-methyl/N-ethyl adjacent to an activating group) is 2. The molecular formula is C32H50N2O3. The maximum atomic E-state index is 12.1. The lowest BCUT2D eigenvalue weighted by Crippen LogP contribution is -2.42. The van der Waals surface area contributed by atoms with Crippen LogP contribution in [-0.2, 0) is 0 Å². The third-order valence-corrected chi connectivity index (χ3v) is 4.01. The second kappa shape index (κ2) is 13.7. The van der Waals surface area contributed by atoms with Crippen molar-refractivity contribution in [3.63, 3.8) is 0 Å². The Morgan fingerprint density at radius 2 is 1.16 bits per heavy atom. The zero-order chi connectivity index (χ0) is 68.1. The van der Waals surface area contributed by atoms with E-state index in [4.69, 9.17) is 61.7 Å². The van der Waals surface area contributed by atoms with Crippen LogP contribution >= 0.6 is 0 Å². The lowest BCUT2D eigenvalue weighted by atomic mass is 9.72. The van der Waals surface area contributed by atoms with Crippen molar-refractivity contribution in [3.05, 3.63) is 65.5 Å². The SMILES string of the molecule is [2H]c1c([2H])c(C([2H])(C([2H])([2H])N(C([2H])([2H])[2H])C([2H])([2H])[2H])C2(O)C([2H])([2H])C([2H])([2H])C([2H])([2H])C([2H])([2H])C2([2H])[2H])c([2H])c([2H])c1O.[2H]c1c([2H])c([2H])c(C([2H])(C([2H])([2H])N(C([2H])([2H])[2H])C([2H])([2H])[2H])C2(O)C([2H])([2H])C([2H])([2H])C([2H])([2H])C([2H])([2H])C2([2H])[2H])c([2H])c1[2H]. The Balaban J connectivity index is 0.000000440. The van der Waals surface area contributed by atoms with Crippen molar-refractivity contribution in [2.24, 2.45) is 0 Å². The maximum Gasteiger partial charge on any atom is 0.115 e. The van der Waals surface area contributed by atoms with E-state index in [1.165, 1.54) is 0 Å². The largest absolute Gasteiger partial charge is 0.508 e. The van der Waals surface area contributed by atoms with Gasteiger partial charge < -0.3 is 25.1 Å². The first-order chi connectivity index (χ1) is 36.1. The van der Waals surface area contributed by atoms with Crippen LogP contribution in [0.15, 0.2) is 54.4 Å². The van der Waals surface area contributed by atoms with E-state index in [1.807, 2.05) is 0 Å². The molecule has 2 aromatic carbocycles. The molecule has 0 bridgehead atoms. The molecule has 5 heteroatoms. The molecule has 2 aliphatic rings. The minimum atomic E-state index is -5.15. The Hall–Kier alpha value is -1.92. The minimum Gasteiger partial charge on any atom is -0.508 e. The molecule has 0 amide bonds. The van der Waals surface area contributed by atoms with Crippen molar-refractivity contribution in [3.8, 4) is 5.75 Å². The predicted molar refractivity (Wildman–Crippen MR) is 153 cm³/mol. The summed E-state index contributed by atoms with van der Waals surface area (Å²) in [6.45, 7) is -26.6. The van der Waals surface area contributed by atoms with Crippen LogP contribution in [0.4, 0.5) is 0 Å². The predicted octanol–water partition coefficient (Wildman–Crippen LogP) is 5.76. The average Bonchev–Trinajstić information content (AvgIpc) is 3.27. The summed E-state index contributed by atoms with van der Waals surface area (Å²) in [4.78, 5) is -2.29. The number of hydrogen-bond acceptors (Lipinski definition) is 5. The molecular weight excluding hydrogens is 460 g/mol. The van der Waals surface area contributed by atoms with Gasteiger partial charge in [-0.3, -0.25) is 0 Å². The highest BCUT2D eigenvalue weighted by atomic mass is 16.3. The standard InChI is InChI=1S/C16H25NO2.C16H25NO/c1-17(2)12-15(13-6-8-14(18)9-7-13)16(19)10-4-3-5-11-16;1-17(2)13-15(14-9-5-3-6-10-14)16(18)11-7-4-8-12-16/h6-9,15,18-19H,3-5,10-12H2,1-2H3;3,5-6,9-10,15,18H,4,7-8,11-13H2,1-2H3/i1D3,2D3,3D2,4D2,5D2,6D,7D,8D,9D,10D2,11D2,12D2,15D;1D3,2D3,3D,4D2,5D,6D,7D2,8D2,9D,10D,11D2,12D2,13D2,15D. The van der Waals surface area contributed by atoms with Crippen molar-refractivity contribution in [2.45, 2.75) is 86.7 Å². The normalized spacial score (nSPS) is 56.7. The molecule has 0 aromatic heterocycles. The highest BCUT2D eigenvalue weighted by Gasteiger charge is 2.39. The molecule has 206 valence electrons. The van der Waals surface area contributed by atoms with Gasteiger partial charge in [0, 0.05) is 76.9 Å². The zero-order valence-electron chi connectivity index (χ0n) is 65.2. The Morgan fingerprint density at radius 3 is 1.57 bits per heavy atom. The molecule has 0 heterocycles. The van der Waals surface area contributed by atoms with Crippen molar-refractivity contribution in [1.29, 1.82) is 0 Å². The van der Waals surface area contributed by atoms with E-state index < -0.39 is 209 Å². The second-order valence-corrected chi connectivity index (χ2v) is 6.54. The van der Waals surface area contributed by atoms with E-state index >= 15 is 0 Å². The summed E-state index contributed by atoms with van der Waals surface area (Å²) in [5.74, 6) is -11.4. The van der Waals surface area contributed by atoms with Gasteiger partial charge in [-0.2, -0.15) is 0 Å². The van der Waals surface area contributed by atoms with Gasteiger partial charge in [0.1, 0.15) is 5.75 Å². The molecule has 2 saturated carbocycles. The highest BCUT2D eigenvalue weighted by molar-refractivity contribution is 5.30. The van der Waals surface area contributed by atoms with Crippen LogP contribution in [0.1, 0.15) is 151 Å². The smallest absolute Gasteiger partial charge is 0.115 e. The lowest BCUT2D eigenvalue weighted by Gasteiger charge is -2.40. The van der Waals surface area contributed by atoms with E-state index in [0.717, 1.165) is 0 Å². The zero-order valence-corrected chi connectivity index (χ0v) is 18.2. The molecule has 3 N–H and O–H groups in total. The Morgan fingerprint density at radius 1 is 0.757 bits per heavy atom. The van der Waals surface area contributed by atoms with E-state index in [0.29, 0.717) is 0 Å². The Kier molecular flexibility index (Phi) is 2.14. The number of hydrogen-bond donors (Lipinski definition) is 3. The number of aliphatic hydroxyl groups is 2. The van der Waals surface area contributed by atoms with Gasteiger partial charge in [-0.25, -0.2) is 0 Å². The quantitative estimate of drug-likeness (QED) is 0.385. The summed E-state index contributed by atoms with van der Waals surface area (Å²) >= 11 is 0. The molecule has 2 aliphatic carbocycles. The third kappa shape index (κ3) is 8.54. The maximum absolute atomic E-state index is 12.1. The summed E-state index contributed by atoms with van der Waals surface area (Å²) in [6, 6.07) is -14.3. The van der Waals surface area contributed by atoms with Gasteiger partial charge >= 0.3 is 0 Å². The molecule has 0 aliphatic heterocycles. The van der Waals surface area contributed by atoms with Gasteiger partial charge in [-0.1, -0.05) is 80.5 Å². The first kappa shape index (κ1) is 5.76. The van der Waals surface area contributed by atoms with Crippen LogP contribution in [0.2, 0.25) is 0 Å². The molecule has 0 radical (unpaired) electrons. The van der Waals surface area contributed by atoms with Crippen molar-refractivity contribution in [2.75, 3.05) is 40.9 Å². The van der Waals surface area contributed by atoms with Gasteiger partial charge in [0.2, 0.25) is 0 Å². The van der Waals surface area contributed by atoms with Gasteiger partial charge in [-0.15, -0.1) is 0 Å². The Labute approximate surface area is 291 Å². The van der Waals surface area contributed by atoms with Crippen molar-refractivity contribution >= 4 is 0 Å². The third-order valence-electron chi connectivity index (χ3n) is 4.01. The first-order valence-electron chi connectivity index (χ1n) is 33.0. The van der Waals surface area contributed by atoms with Crippen LogP contribution in [-0.4, -0.2) is 77.2 Å². The molecule has 0 spiro atoms. The number of rotatable bonds is 8. The van der Waals surface area contributed by atoms with E-state index in [2.05, 4.69) is 0 Å². The number of nitrogens with zero attached hydrogens (tertiary/aromatic N) is 2. The van der Waals surface area contributed by atoms with Crippen LogP contribution < -0.4 is 0 Å². The van der Waals surface area contributed by atoms with Crippen LogP contribution in [0.3, 0.4) is 0 Å². The molecule has 2 unspecified atom stereocenters. The van der Waals surface area contributed by atoms with Crippen LogP contribution in [0, 0.1) is 0 Å². The number of phenols is 1. The topological polar surface area (TPSA) is 67.2 Å². The highest BCUT2D eigenvalue weighted by Crippen LogP contribution is 2.41. The van der Waals surface area contributed by atoms with E-state index in [9.17, 15) is 18.1 Å². The summed E-state index contributed by atoms with van der Waals surface area (Å²) < 4.78 is 382. The molecule has 37 heavy (non-hydrogen) atoms. The fourth-order valence-corrected chi connectivity index (χ4v) is 2.53. The van der Waals surface area contributed by atoms with Gasteiger partial charge in [-0.05, 0) is 76.6 Å².